The monoisotopic (exact) mass is 240 g/mol. The summed E-state index contributed by atoms with van der Waals surface area (Å²) >= 11 is 0. The summed E-state index contributed by atoms with van der Waals surface area (Å²) in [7, 11) is 0.622. The van der Waals surface area contributed by atoms with Crippen LogP contribution in [0.4, 0.5) is 0 Å². The molecular formula is C8H17O6P. The van der Waals surface area contributed by atoms with Crippen molar-refractivity contribution in [2.75, 3.05) is 34.1 Å². The highest BCUT2D eigenvalue weighted by atomic mass is 31.2. The van der Waals surface area contributed by atoms with E-state index < -0.39 is 19.7 Å². The molecule has 0 fully saturated rings. The predicted molar refractivity (Wildman–Crippen MR) is 53.9 cm³/mol. The van der Waals surface area contributed by atoms with Crippen molar-refractivity contribution in [2.24, 2.45) is 0 Å². The maximum atomic E-state index is 11.5. The van der Waals surface area contributed by atoms with Crippen molar-refractivity contribution in [1.82, 2.24) is 0 Å². The number of esters is 1. The van der Waals surface area contributed by atoms with E-state index in [4.69, 9.17) is 9.47 Å². The fraction of sp³-hybridized carbons (Fsp3) is 0.875. The van der Waals surface area contributed by atoms with Crippen LogP contribution < -0.4 is 0 Å². The molecule has 90 valence electrons. The molecule has 0 aliphatic rings. The number of methoxy groups -OCH3 is 1. The Morgan fingerprint density at radius 2 is 1.80 bits per heavy atom. The van der Waals surface area contributed by atoms with Gasteiger partial charge in [-0.1, -0.05) is 0 Å². The Kier molecular flexibility index (Phi) is 6.76. The number of carbonyl (C=O) groups excluding carboxylic acids is 1. The van der Waals surface area contributed by atoms with Gasteiger partial charge in [-0.2, -0.15) is 0 Å². The summed E-state index contributed by atoms with van der Waals surface area (Å²) in [5, 5.41) is 0. The molecule has 0 aliphatic carbocycles. The van der Waals surface area contributed by atoms with Gasteiger partial charge in [0.15, 0.2) is 0 Å². The lowest BCUT2D eigenvalue weighted by atomic mass is 10.4. The summed E-state index contributed by atoms with van der Waals surface area (Å²) in [4.78, 5) is 11.2. The minimum Gasteiger partial charge on any atom is -0.462 e. The second kappa shape index (κ2) is 6.95. The van der Waals surface area contributed by atoms with E-state index in [-0.39, 0.29) is 12.7 Å². The normalized spacial score (nSPS) is 13.6. The first-order valence-electron chi connectivity index (χ1n) is 4.36. The van der Waals surface area contributed by atoms with E-state index in [9.17, 15) is 9.36 Å². The van der Waals surface area contributed by atoms with Crippen molar-refractivity contribution in [3.05, 3.63) is 0 Å². The highest BCUT2D eigenvalue weighted by Crippen LogP contribution is 2.45. The van der Waals surface area contributed by atoms with Gasteiger partial charge in [0, 0.05) is 21.3 Å². The van der Waals surface area contributed by atoms with Crippen LogP contribution in [0.15, 0.2) is 0 Å². The maximum absolute atomic E-state index is 11.5. The molecule has 0 rings (SSSR count). The Balaban J connectivity index is 3.98. The van der Waals surface area contributed by atoms with Crippen LogP contribution in [0.1, 0.15) is 6.92 Å². The van der Waals surface area contributed by atoms with Crippen LogP contribution in [-0.4, -0.2) is 46.2 Å². The first-order valence-corrected chi connectivity index (χ1v) is 6.09. The van der Waals surface area contributed by atoms with E-state index in [0.29, 0.717) is 0 Å². The Labute approximate surface area is 89.4 Å². The zero-order chi connectivity index (χ0) is 11.9. The molecule has 0 aromatic heterocycles. The van der Waals surface area contributed by atoms with E-state index in [1.165, 1.54) is 21.3 Å². The standard InChI is InChI=1S/C8H17O6P/c1-7(11-2)5-14-8(9)6-15(10,12-3)13-4/h7H,5-6H2,1-4H3. The molecule has 7 heteroatoms. The third-order valence-corrected chi connectivity index (χ3v) is 3.52. The molecule has 1 unspecified atom stereocenters. The lowest BCUT2D eigenvalue weighted by molar-refractivity contribution is -0.144. The number of carbonyl (C=O) groups is 1. The number of hydrogen-bond acceptors (Lipinski definition) is 6. The Hall–Kier alpha value is -0.420. The molecule has 0 saturated carbocycles. The average molecular weight is 240 g/mol. The van der Waals surface area contributed by atoms with Gasteiger partial charge in [-0.05, 0) is 6.92 Å². The summed E-state index contributed by atoms with van der Waals surface area (Å²) < 4.78 is 30.4. The molecule has 0 spiro atoms. The number of hydrogen-bond donors (Lipinski definition) is 0. The van der Waals surface area contributed by atoms with Crippen LogP contribution in [0, 0.1) is 0 Å². The first kappa shape index (κ1) is 14.6. The van der Waals surface area contributed by atoms with Crippen molar-refractivity contribution in [2.45, 2.75) is 13.0 Å². The van der Waals surface area contributed by atoms with Gasteiger partial charge in [0.1, 0.15) is 12.8 Å². The summed E-state index contributed by atoms with van der Waals surface area (Å²) in [6.45, 7) is 1.86. The van der Waals surface area contributed by atoms with Crippen molar-refractivity contribution in [1.29, 1.82) is 0 Å². The van der Waals surface area contributed by atoms with Gasteiger partial charge in [0.2, 0.25) is 0 Å². The van der Waals surface area contributed by atoms with Crippen molar-refractivity contribution in [3.8, 4) is 0 Å². The van der Waals surface area contributed by atoms with Crippen LogP contribution in [0.2, 0.25) is 0 Å². The molecule has 0 N–H and O–H groups in total. The summed E-state index contributed by atoms with van der Waals surface area (Å²) in [6, 6.07) is 0. The molecule has 0 aromatic carbocycles. The van der Waals surface area contributed by atoms with E-state index >= 15 is 0 Å². The van der Waals surface area contributed by atoms with Crippen LogP contribution >= 0.6 is 7.60 Å². The zero-order valence-electron chi connectivity index (χ0n) is 9.39. The van der Waals surface area contributed by atoms with Gasteiger partial charge in [-0.15, -0.1) is 0 Å². The Morgan fingerprint density at radius 3 is 2.20 bits per heavy atom. The van der Waals surface area contributed by atoms with E-state index in [2.05, 4.69) is 9.05 Å². The third kappa shape index (κ3) is 5.89. The maximum Gasteiger partial charge on any atom is 0.341 e. The fourth-order valence-corrected chi connectivity index (χ4v) is 1.50. The molecule has 0 aromatic rings. The first-order chi connectivity index (χ1) is 6.97. The highest BCUT2D eigenvalue weighted by molar-refractivity contribution is 7.54. The second-order valence-electron chi connectivity index (χ2n) is 2.86. The van der Waals surface area contributed by atoms with E-state index in [0.717, 1.165) is 0 Å². The molecule has 0 bridgehead atoms. The smallest absolute Gasteiger partial charge is 0.341 e. The molecule has 0 saturated heterocycles. The molecule has 0 radical (unpaired) electrons. The van der Waals surface area contributed by atoms with Gasteiger partial charge in [0.25, 0.3) is 0 Å². The van der Waals surface area contributed by atoms with Crippen LogP contribution in [-0.2, 0) is 27.9 Å². The zero-order valence-corrected chi connectivity index (χ0v) is 10.3. The topological polar surface area (TPSA) is 71.1 Å². The lowest BCUT2D eigenvalue weighted by Gasteiger charge is -2.14. The number of rotatable bonds is 7. The quantitative estimate of drug-likeness (QED) is 0.489. The molecule has 6 nitrogen and oxygen atoms in total. The summed E-state index contributed by atoms with van der Waals surface area (Å²) in [5.74, 6) is -0.633. The molecule has 0 aliphatic heterocycles. The van der Waals surface area contributed by atoms with Crippen molar-refractivity contribution >= 4 is 13.6 Å². The fourth-order valence-electron chi connectivity index (χ4n) is 0.686. The van der Waals surface area contributed by atoms with Crippen LogP contribution in [0.5, 0.6) is 0 Å². The van der Waals surface area contributed by atoms with Gasteiger partial charge in [-0.3, -0.25) is 9.36 Å². The third-order valence-electron chi connectivity index (χ3n) is 1.76. The van der Waals surface area contributed by atoms with Crippen molar-refractivity contribution in [3.63, 3.8) is 0 Å². The second-order valence-corrected chi connectivity index (χ2v) is 5.13. The van der Waals surface area contributed by atoms with Crippen LogP contribution in [0.25, 0.3) is 0 Å². The average Bonchev–Trinajstić information content (AvgIpc) is 2.25. The Bertz CT molecular complexity index is 233. The minimum absolute atomic E-state index is 0.114. The summed E-state index contributed by atoms with van der Waals surface area (Å²) in [5.41, 5.74) is 0. The highest BCUT2D eigenvalue weighted by Gasteiger charge is 2.26. The predicted octanol–water partition coefficient (Wildman–Crippen LogP) is 1.05. The van der Waals surface area contributed by atoms with Gasteiger partial charge >= 0.3 is 13.6 Å². The van der Waals surface area contributed by atoms with Gasteiger partial charge < -0.3 is 18.5 Å². The summed E-state index contributed by atoms with van der Waals surface area (Å²) in [6.07, 6.45) is -0.588. The molecule has 0 amide bonds. The largest absolute Gasteiger partial charge is 0.462 e. The van der Waals surface area contributed by atoms with Gasteiger partial charge in [-0.25, -0.2) is 0 Å². The SMILES string of the molecule is COC(C)COC(=O)CP(=O)(OC)OC. The Morgan fingerprint density at radius 1 is 1.27 bits per heavy atom. The van der Waals surface area contributed by atoms with E-state index in [1.807, 2.05) is 0 Å². The minimum atomic E-state index is -3.32. The number of ether oxygens (including phenoxy) is 2. The van der Waals surface area contributed by atoms with E-state index in [1.54, 1.807) is 6.92 Å². The lowest BCUT2D eigenvalue weighted by Crippen LogP contribution is -2.20. The molecule has 15 heavy (non-hydrogen) atoms. The van der Waals surface area contributed by atoms with Gasteiger partial charge in [0.05, 0.1) is 6.10 Å². The molecule has 1 atom stereocenters. The van der Waals surface area contributed by atoms with Crippen LogP contribution in [0.3, 0.4) is 0 Å². The molecular weight excluding hydrogens is 223 g/mol. The molecule has 0 heterocycles. The van der Waals surface area contributed by atoms with Crippen molar-refractivity contribution < 1.29 is 27.9 Å².